The third-order valence-electron chi connectivity index (χ3n) is 3.94. The van der Waals surface area contributed by atoms with Crippen molar-refractivity contribution < 1.29 is 8.42 Å². The van der Waals surface area contributed by atoms with E-state index in [4.69, 9.17) is 0 Å². The molecular weight excluding hydrogens is 292 g/mol. The third kappa shape index (κ3) is 2.73. The van der Waals surface area contributed by atoms with Crippen LogP contribution in [0.3, 0.4) is 0 Å². The van der Waals surface area contributed by atoms with Gasteiger partial charge in [0.15, 0.2) is 15.5 Å². The van der Waals surface area contributed by atoms with E-state index in [0.717, 1.165) is 0 Å². The molecule has 1 aliphatic rings. The first-order valence-electron chi connectivity index (χ1n) is 6.99. The SMILES string of the molecule is CCN(Cn1nc2ccccn2c1=O)[C@@H]1CCS(=O)(=O)C1. The molecule has 0 N–H and O–H groups in total. The number of pyridine rings is 1. The molecule has 0 spiro atoms. The van der Waals surface area contributed by atoms with E-state index in [0.29, 0.717) is 25.3 Å². The summed E-state index contributed by atoms with van der Waals surface area (Å²) >= 11 is 0. The molecule has 8 heteroatoms. The Kier molecular flexibility index (Phi) is 3.58. The topological polar surface area (TPSA) is 76.7 Å². The molecule has 0 unspecified atom stereocenters. The van der Waals surface area contributed by atoms with Crippen LogP contribution < -0.4 is 5.69 Å². The molecule has 3 rings (SSSR count). The number of aromatic nitrogens is 3. The van der Waals surface area contributed by atoms with Crippen LogP contribution in [0.4, 0.5) is 0 Å². The minimum absolute atomic E-state index is 0.0308. The molecule has 1 atom stereocenters. The van der Waals surface area contributed by atoms with Crippen LogP contribution in [0.5, 0.6) is 0 Å². The lowest BCUT2D eigenvalue weighted by atomic mass is 10.2. The molecule has 0 bridgehead atoms. The van der Waals surface area contributed by atoms with Gasteiger partial charge in [-0.25, -0.2) is 13.2 Å². The van der Waals surface area contributed by atoms with Gasteiger partial charge in [0.1, 0.15) is 0 Å². The van der Waals surface area contributed by atoms with Crippen molar-refractivity contribution in [2.24, 2.45) is 0 Å². The lowest BCUT2D eigenvalue weighted by molar-refractivity contribution is 0.163. The van der Waals surface area contributed by atoms with Crippen LogP contribution in [0.15, 0.2) is 29.2 Å². The van der Waals surface area contributed by atoms with Crippen molar-refractivity contribution in [3.8, 4) is 0 Å². The van der Waals surface area contributed by atoms with Crippen LogP contribution in [-0.2, 0) is 16.5 Å². The minimum Gasteiger partial charge on any atom is -0.280 e. The highest BCUT2D eigenvalue weighted by atomic mass is 32.2. The Morgan fingerprint density at radius 1 is 1.43 bits per heavy atom. The summed E-state index contributed by atoms with van der Waals surface area (Å²) in [6.07, 6.45) is 2.30. The largest absolute Gasteiger partial charge is 0.351 e. The lowest BCUT2D eigenvalue weighted by Crippen LogP contribution is -2.40. The Morgan fingerprint density at radius 3 is 2.86 bits per heavy atom. The number of sulfone groups is 1. The highest BCUT2D eigenvalue weighted by molar-refractivity contribution is 7.91. The fourth-order valence-electron chi connectivity index (χ4n) is 2.77. The average Bonchev–Trinajstić information content (AvgIpc) is 2.97. The van der Waals surface area contributed by atoms with Crippen LogP contribution in [0.25, 0.3) is 5.65 Å². The number of rotatable bonds is 4. The van der Waals surface area contributed by atoms with Gasteiger partial charge in [-0.2, -0.15) is 4.68 Å². The van der Waals surface area contributed by atoms with Crippen molar-refractivity contribution in [1.29, 1.82) is 0 Å². The van der Waals surface area contributed by atoms with E-state index in [9.17, 15) is 13.2 Å². The molecule has 114 valence electrons. The van der Waals surface area contributed by atoms with Gasteiger partial charge in [-0.3, -0.25) is 9.30 Å². The fourth-order valence-corrected chi connectivity index (χ4v) is 4.53. The van der Waals surface area contributed by atoms with Gasteiger partial charge in [-0.1, -0.05) is 13.0 Å². The van der Waals surface area contributed by atoms with Crippen LogP contribution in [0.2, 0.25) is 0 Å². The summed E-state index contributed by atoms with van der Waals surface area (Å²) in [5, 5.41) is 4.28. The number of nitrogens with zero attached hydrogens (tertiary/aromatic N) is 4. The Labute approximate surface area is 122 Å². The number of hydrogen-bond acceptors (Lipinski definition) is 5. The van der Waals surface area contributed by atoms with E-state index in [2.05, 4.69) is 5.10 Å². The van der Waals surface area contributed by atoms with Gasteiger partial charge in [0.25, 0.3) is 0 Å². The van der Waals surface area contributed by atoms with Gasteiger partial charge in [-0.05, 0) is 25.1 Å². The van der Waals surface area contributed by atoms with E-state index in [1.165, 1.54) is 9.08 Å². The Morgan fingerprint density at radius 2 is 2.24 bits per heavy atom. The van der Waals surface area contributed by atoms with Gasteiger partial charge < -0.3 is 0 Å². The van der Waals surface area contributed by atoms with E-state index >= 15 is 0 Å². The van der Waals surface area contributed by atoms with Crippen molar-refractivity contribution in [2.45, 2.75) is 26.1 Å². The molecule has 1 fully saturated rings. The normalized spacial score (nSPS) is 21.3. The van der Waals surface area contributed by atoms with E-state index in [1.807, 2.05) is 17.9 Å². The molecule has 0 aromatic carbocycles. The first kappa shape index (κ1) is 14.3. The second-order valence-electron chi connectivity index (χ2n) is 5.31. The van der Waals surface area contributed by atoms with Crippen molar-refractivity contribution >= 4 is 15.5 Å². The van der Waals surface area contributed by atoms with E-state index in [1.54, 1.807) is 18.3 Å². The second kappa shape index (κ2) is 5.27. The average molecular weight is 310 g/mol. The van der Waals surface area contributed by atoms with Crippen LogP contribution >= 0.6 is 0 Å². The molecule has 7 nitrogen and oxygen atoms in total. The molecule has 2 aromatic rings. The predicted octanol–water partition coefficient (Wildman–Crippen LogP) is -0.0375. The molecule has 0 radical (unpaired) electrons. The van der Waals surface area contributed by atoms with Crippen LogP contribution in [0, 0.1) is 0 Å². The van der Waals surface area contributed by atoms with Crippen molar-refractivity contribution in [3.05, 3.63) is 34.9 Å². The van der Waals surface area contributed by atoms with Gasteiger partial charge in [-0.15, -0.1) is 5.10 Å². The maximum atomic E-state index is 12.2. The standard InChI is InChI=1S/C13H18N4O3S/c1-2-15(11-6-8-21(19,20)9-11)10-17-13(18)16-7-4-3-5-12(16)14-17/h3-5,7,11H,2,6,8-10H2,1H3/t11-/m1/s1. The Hall–Kier alpha value is -1.67. The maximum absolute atomic E-state index is 12.2. The maximum Gasteiger partial charge on any atom is 0.351 e. The summed E-state index contributed by atoms with van der Waals surface area (Å²) in [4.78, 5) is 14.2. The highest BCUT2D eigenvalue weighted by Crippen LogP contribution is 2.17. The van der Waals surface area contributed by atoms with Gasteiger partial charge in [0, 0.05) is 12.2 Å². The second-order valence-corrected chi connectivity index (χ2v) is 7.54. The summed E-state index contributed by atoms with van der Waals surface area (Å²) in [5.74, 6) is 0.400. The van der Waals surface area contributed by atoms with Crippen molar-refractivity contribution in [1.82, 2.24) is 19.1 Å². The summed E-state index contributed by atoms with van der Waals surface area (Å²) < 4.78 is 26.1. The summed E-state index contributed by atoms with van der Waals surface area (Å²) in [6.45, 7) is 2.96. The molecule has 0 amide bonds. The predicted molar refractivity (Wildman–Crippen MR) is 78.9 cm³/mol. The molecule has 3 heterocycles. The Bertz CT molecular complexity index is 808. The van der Waals surface area contributed by atoms with Gasteiger partial charge in [0.05, 0.1) is 18.2 Å². The lowest BCUT2D eigenvalue weighted by Gasteiger charge is -2.25. The zero-order chi connectivity index (χ0) is 15.0. The smallest absolute Gasteiger partial charge is 0.280 e. The quantitative estimate of drug-likeness (QED) is 0.792. The monoisotopic (exact) mass is 310 g/mol. The molecule has 2 aromatic heterocycles. The zero-order valence-corrected chi connectivity index (χ0v) is 12.7. The van der Waals surface area contributed by atoms with Crippen LogP contribution in [-0.4, -0.2) is 51.6 Å². The molecule has 0 saturated carbocycles. The minimum atomic E-state index is -2.93. The third-order valence-corrected chi connectivity index (χ3v) is 5.69. The fraction of sp³-hybridized carbons (Fsp3) is 0.538. The number of hydrogen-bond donors (Lipinski definition) is 0. The van der Waals surface area contributed by atoms with Gasteiger partial charge >= 0.3 is 5.69 Å². The van der Waals surface area contributed by atoms with Gasteiger partial charge in [0.2, 0.25) is 0 Å². The van der Waals surface area contributed by atoms with Crippen molar-refractivity contribution in [2.75, 3.05) is 18.1 Å². The first-order valence-corrected chi connectivity index (χ1v) is 8.81. The molecule has 1 saturated heterocycles. The Balaban J connectivity index is 1.86. The molecule has 1 aliphatic heterocycles. The van der Waals surface area contributed by atoms with E-state index < -0.39 is 9.84 Å². The zero-order valence-electron chi connectivity index (χ0n) is 11.8. The highest BCUT2D eigenvalue weighted by Gasteiger charge is 2.32. The summed E-state index contributed by atoms with van der Waals surface area (Å²) in [5.41, 5.74) is 0.391. The number of fused-ring (bicyclic) bond motifs is 1. The summed E-state index contributed by atoms with van der Waals surface area (Å²) in [7, 11) is -2.93. The molecular formula is C13H18N4O3S. The first-order chi connectivity index (χ1) is 10.00. The van der Waals surface area contributed by atoms with Crippen molar-refractivity contribution in [3.63, 3.8) is 0 Å². The molecule has 0 aliphatic carbocycles. The van der Waals surface area contributed by atoms with Crippen LogP contribution in [0.1, 0.15) is 13.3 Å². The summed E-state index contributed by atoms with van der Waals surface area (Å²) in [6, 6.07) is 5.35. The van der Waals surface area contributed by atoms with E-state index in [-0.39, 0.29) is 23.2 Å². The molecule has 21 heavy (non-hydrogen) atoms.